The second-order valence-corrected chi connectivity index (χ2v) is 5.29. The first-order valence-corrected chi connectivity index (χ1v) is 7.31. The average Bonchev–Trinajstić information content (AvgIpc) is 2.73. The molecule has 0 unspecified atom stereocenters. The number of rotatable bonds is 6. The zero-order valence-electron chi connectivity index (χ0n) is 11.6. The first-order chi connectivity index (χ1) is 9.61. The van der Waals surface area contributed by atoms with Gasteiger partial charge in [0.15, 0.2) is 5.78 Å². The van der Waals surface area contributed by atoms with Crippen molar-refractivity contribution in [2.24, 2.45) is 7.05 Å². The number of carbonyl (C=O) groups excluding carboxylic acids is 1. The van der Waals surface area contributed by atoms with Gasteiger partial charge in [0.05, 0.1) is 22.3 Å². The number of carbonyl (C=O) groups is 1. The maximum atomic E-state index is 12.0. The highest BCUT2D eigenvalue weighted by atomic mass is 79.9. The molecule has 0 aliphatic heterocycles. The van der Waals surface area contributed by atoms with Crippen molar-refractivity contribution in [3.63, 3.8) is 0 Å². The Morgan fingerprint density at radius 2 is 2.05 bits per heavy atom. The van der Waals surface area contributed by atoms with Crippen LogP contribution in [0.2, 0.25) is 0 Å². The van der Waals surface area contributed by atoms with Crippen LogP contribution in [-0.2, 0) is 24.7 Å². The molecular weight excluding hydrogens is 320 g/mol. The predicted octanol–water partition coefficient (Wildman–Crippen LogP) is 2.94. The number of hydrogen-bond donors (Lipinski definition) is 0. The summed E-state index contributed by atoms with van der Waals surface area (Å²) in [6.07, 6.45) is 1.15. The Morgan fingerprint density at radius 3 is 2.65 bits per heavy atom. The van der Waals surface area contributed by atoms with Crippen LogP contribution in [0, 0.1) is 0 Å². The number of aryl methyl sites for hydroxylation is 2. The Labute approximate surface area is 126 Å². The second kappa shape index (κ2) is 6.70. The fourth-order valence-electron chi connectivity index (χ4n) is 1.93. The van der Waals surface area contributed by atoms with Gasteiger partial charge < -0.3 is 4.74 Å². The van der Waals surface area contributed by atoms with Crippen LogP contribution in [-0.4, -0.2) is 22.2 Å². The molecule has 0 spiro atoms. The number of hydrogen-bond acceptors (Lipinski definition) is 3. The maximum Gasteiger partial charge on any atom is 0.176 e. The van der Waals surface area contributed by atoms with E-state index in [0.29, 0.717) is 12.2 Å². The Hall–Kier alpha value is -1.62. The molecule has 0 atom stereocenters. The van der Waals surface area contributed by atoms with E-state index in [0.717, 1.165) is 22.3 Å². The van der Waals surface area contributed by atoms with Gasteiger partial charge in [-0.2, -0.15) is 5.10 Å². The summed E-state index contributed by atoms with van der Waals surface area (Å²) in [4.78, 5) is 12.0. The molecule has 0 saturated heterocycles. The molecule has 1 aromatic carbocycles. The van der Waals surface area contributed by atoms with Crippen LogP contribution in [0.1, 0.15) is 18.3 Å². The smallest absolute Gasteiger partial charge is 0.176 e. The Bertz CT molecular complexity index is 593. The SMILES string of the molecule is CCc1nn(C)c(CC(=O)COc2ccccc2)c1Br. The van der Waals surface area contributed by atoms with E-state index in [1.165, 1.54) is 0 Å². The Morgan fingerprint density at radius 1 is 1.35 bits per heavy atom. The number of Topliss-reactive ketones (excluding diaryl/α,β-unsaturated/α-hetero) is 1. The van der Waals surface area contributed by atoms with E-state index in [2.05, 4.69) is 21.0 Å². The first kappa shape index (κ1) is 14.8. The third-order valence-corrected chi connectivity index (χ3v) is 3.93. The lowest BCUT2D eigenvalue weighted by Gasteiger charge is -2.06. The van der Waals surface area contributed by atoms with E-state index in [-0.39, 0.29) is 12.4 Å². The molecule has 0 aliphatic rings. The minimum atomic E-state index is 0.0280. The van der Waals surface area contributed by atoms with Gasteiger partial charge in [-0.1, -0.05) is 25.1 Å². The molecule has 0 saturated carbocycles. The number of benzene rings is 1. The van der Waals surface area contributed by atoms with Crippen LogP contribution < -0.4 is 4.74 Å². The van der Waals surface area contributed by atoms with Crippen molar-refractivity contribution in [1.29, 1.82) is 0 Å². The predicted molar refractivity (Wildman–Crippen MR) is 80.9 cm³/mol. The van der Waals surface area contributed by atoms with Gasteiger partial charge in [-0.15, -0.1) is 0 Å². The lowest BCUT2D eigenvalue weighted by molar-refractivity contribution is -0.120. The summed E-state index contributed by atoms with van der Waals surface area (Å²) >= 11 is 3.51. The highest BCUT2D eigenvalue weighted by molar-refractivity contribution is 9.10. The number of aromatic nitrogens is 2. The molecule has 5 heteroatoms. The van der Waals surface area contributed by atoms with Crippen molar-refractivity contribution in [2.45, 2.75) is 19.8 Å². The monoisotopic (exact) mass is 336 g/mol. The van der Waals surface area contributed by atoms with Crippen molar-refractivity contribution in [3.8, 4) is 5.75 Å². The minimum Gasteiger partial charge on any atom is -0.486 e. The summed E-state index contributed by atoms with van der Waals surface area (Å²) in [6, 6.07) is 9.34. The number of ether oxygens (including phenoxy) is 1. The van der Waals surface area contributed by atoms with Crippen molar-refractivity contribution in [3.05, 3.63) is 46.2 Å². The molecule has 0 fully saturated rings. The van der Waals surface area contributed by atoms with E-state index in [4.69, 9.17) is 4.74 Å². The lowest BCUT2D eigenvalue weighted by Crippen LogP contribution is -2.16. The molecular formula is C15H17BrN2O2. The summed E-state index contributed by atoms with van der Waals surface area (Å²) in [5.41, 5.74) is 1.86. The van der Waals surface area contributed by atoms with Gasteiger partial charge >= 0.3 is 0 Å². The highest BCUT2D eigenvalue weighted by Crippen LogP contribution is 2.22. The number of ketones is 1. The topological polar surface area (TPSA) is 44.1 Å². The molecule has 0 bridgehead atoms. The fraction of sp³-hybridized carbons (Fsp3) is 0.333. The molecule has 2 rings (SSSR count). The van der Waals surface area contributed by atoms with Crippen LogP contribution in [0.25, 0.3) is 0 Å². The molecule has 106 valence electrons. The van der Waals surface area contributed by atoms with Gasteiger partial charge in [0.1, 0.15) is 12.4 Å². The van der Waals surface area contributed by atoms with Crippen molar-refractivity contribution >= 4 is 21.7 Å². The van der Waals surface area contributed by atoms with Crippen LogP contribution >= 0.6 is 15.9 Å². The van der Waals surface area contributed by atoms with E-state index in [9.17, 15) is 4.79 Å². The average molecular weight is 337 g/mol. The third kappa shape index (κ3) is 3.48. The van der Waals surface area contributed by atoms with Crippen LogP contribution in [0.15, 0.2) is 34.8 Å². The van der Waals surface area contributed by atoms with Gasteiger partial charge in [-0.25, -0.2) is 0 Å². The molecule has 0 N–H and O–H groups in total. The molecule has 2 aromatic rings. The standard InChI is InChI=1S/C15H17BrN2O2/c1-3-13-15(16)14(18(2)17-13)9-11(19)10-20-12-7-5-4-6-8-12/h4-8H,3,9-10H2,1-2H3. The molecule has 4 nitrogen and oxygen atoms in total. The molecule has 0 aliphatic carbocycles. The lowest BCUT2D eigenvalue weighted by atomic mass is 10.2. The maximum absolute atomic E-state index is 12.0. The summed E-state index contributed by atoms with van der Waals surface area (Å²) in [7, 11) is 1.85. The summed E-state index contributed by atoms with van der Waals surface area (Å²) < 4.78 is 8.14. The van der Waals surface area contributed by atoms with Crippen molar-refractivity contribution < 1.29 is 9.53 Å². The molecule has 1 heterocycles. The Kier molecular flexibility index (Phi) is 4.95. The van der Waals surface area contributed by atoms with E-state index in [1.807, 2.05) is 44.3 Å². The van der Waals surface area contributed by atoms with Gasteiger partial charge in [0, 0.05) is 7.05 Å². The minimum absolute atomic E-state index is 0.0280. The second-order valence-electron chi connectivity index (χ2n) is 4.50. The molecule has 0 radical (unpaired) electrons. The van der Waals surface area contributed by atoms with Gasteiger partial charge in [0.25, 0.3) is 0 Å². The summed E-state index contributed by atoms with van der Waals surface area (Å²) in [5, 5.41) is 4.38. The summed E-state index contributed by atoms with van der Waals surface area (Å²) in [5.74, 6) is 0.736. The molecule has 0 amide bonds. The number of halogens is 1. The normalized spacial score (nSPS) is 10.6. The third-order valence-electron chi connectivity index (χ3n) is 3.01. The zero-order chi connectivity index (χ0) is 14.5. The summed E-state index contributed by atoms with van der Waals surface area (Å²) in [6.45, 7) is 2.11. The van der Waals surface area contributed by atoms with Crippen LogP contribution in [0.3, 0.4) is 0 Å². The van der Waals surface area contributed by atoms with E-state index >= 15 is 0 Å². The Balaban J connectivity index is 1.97. The van der Waals surface area contributed by atoms with Crippen molar-refractivity contribution in [1.82, 2.24) is 9.78 Å². The van der Waals surface area contributed by atoms with Crippen molar-refractivity contribution in [2.75, 3.05) is 6.61 Å². The van der Waals surface area contributed by atoms with Gasteiger partial charge in [0.2, 0.25) is 0 Å². The first-order valence-electron chi connectivity index (χ1n) is 6.51. The quantitative estimate of drug-likeness (QED) is 0.814. The number of nitrogens with zero attached hydrogens (tertiary/aromatic N) is 2. The van der Waals surface area contributed by atoms with Gasteiger partial charge in [-0.05, 0) is 34.5 Å². The van der Waals surface area contributed by atoms with Crippen LogP contribution in [0.5, 0.6) is 5.75 Å². The van der Waals surface area contributed by atoms with E-state index in [1.54, 1.807) is 4.68 Å². The highest BCUT2D eigenvalue weighted by Gasteiger charge is 2.16. The van der Waals surface area contributed by atoms with Gasteiger partial charge in [-0.3, -0.25) is 9.48 Å². The van der Waals surface area contributed by atoms with Crippen LogP contribution in [0.4, 0.5) is 0 Å². The zero-order valence-corrected chi connectivity index (χ0v) is 13.2. The fourth-order valence-corrected chi connectivity index (χ4v) is 2.69. The molecule has 1 aromatic heterocycles. The number of para-hydroxylation sites is 1. The van der Waals surface area contributed by atoms with E-state index < -0.39 is 0 Å². The largest absolute Gasteiger partial charge is 0.486 e. The molecule has 20 heavy (non-hydrogen) atoms.